The SMILES string of the molecule is Cc1nc(N)nc(N[C@H]2CC[C@H](OCCO)CC2)c1Br. The van der Waals surface area contributed by atoms with Gasteiger partial charge in [-0.3, -0.25) is 0 Å². The highest BCUT2D eigenvalue weighted by Crippen LogP contribution is 2.28. The van der Waals surface area contributed by atoms with Crippen molar-refractivity contribution >= 4 is 27.7 Å². The molecule has 0 saturated heterocycles. The zero-order valence-electron chi connectivity index (χ0n) is 11.6. The fourth-order valence-electron chi connectivity index (χ4n) is 2.46. The number of hydrogen-bond acceptors (Lipinski definition) is 6. The van der Waals surface area contributed by atoms with Gasteiger partial charge in [-0.15, -0.1) is 0 Å². The largest absolute Gasteiger partial charge is 0.394 e. The van der Waals surface area contributed by atoms with E-state index in [1.807, 2.05) is 6.92 Å². The summed E-state index contributed by atoms with van der Waals surface area (Å²) in [5, 5.41) is 12.2. The lowest BCUT2D eigenvalue weighted by molar-refractivity contribution is 0.00721. The van der Waals surface area contributed by atoms with Crippen LogP contribution in [0.15, 0.2) is 4.47 Å². The Labute approximate surface area is 127 Å². The van der Waals surface area contributed by atoms with E-state index in [9.17, 15) is 0 Å². The average molecular weight is 345 g/mol. The molecular weight excluding hydrogens is 324 g/mol. The van der Waals surface area contributed by atoms with Crippen LogP contribution in [0.1, 0.15) is 31.4 Å². The van der Waals surface area contributed by atoms with Crippen molar-refractivity contribution in [2.24, 2.45) is 0 Å². The first-order chi connectivity index (χ1) is 9.60. The molecule has 1 aromatic heterocycles. The Morgan fingerprint density at radius 3 is 2.70 bits per heavy atom. The highest BCUT2D eigenvalue weighted by Gasteiger charge is 2.22. The molecule has 0 aliphatic heterocycles. The molecule has 4 N–H and O–H groups in total. The Balaban J connectivity index is 1.89. The first-order valence-electron chi connectivity index (χ1n) is 6.88. The van der Waals surface area contributed by atoms with Crippen LogP contribution in [0.4, 0.5) is 11.8 Å². The van der Waals surface area contributed by atoms with Gasteiger partial charge in [0, 0.05) is 6.04 Å². The number of hydrogen-bond donors (Lipinski definition) is 3. The van der Waals surface area contributed by atoms with Gasteiger partial charge in [0.1, 0.15) is 5.82 Å². The molecule has 0 bridgehead atoms. The number of aromatic nitrogens is 2. The molecule has 1 saturated carbocycles. The Hall–Kier alpha value is -0.920. The molecule has 1 heterocycles. The number of nitrogens with one attached hydrogen (secondary N) is 1. The van der Waals surface area contributed by atoms with Crippen LogP contribution in [0, 0.1) is 6.92 Å². The maximum Gasteiger partial charge on any atom is 0.222 e. The van der Waals surface area contributed by atoms with E-state index in [0.717, 1.165) is 41.7 Å². The van der Waals surface area contributed by atoms with Gasteiger partial charge < -0.3 is 20.9 Å². The smallest absolute Gasteiger partial charge is 0.222 e. The average Bonchev–Trinajstić information content (AvgIpc) is 2.43. The second-order valence-electron chi connectivity index (χ2n) is 5.04. The van der Waals surface area contributed by atoms with E-state index in [-0.39, 0.29) is 18.7 Å². The van der Waals surface area contributed by atoms with Crippen LogP contribution >= 0.6 is 15.9 Å². The minimum atomic E-state index is 0.0879. The molecule has 0 aromatic carbocycles. The topological polar surface area (TPSA) is 93.3 Å². The second kappa shape index (κ2) is 7.19. The molecule has 20 heavy (non-hydrogen) atoms. The summed E-state index contributed by atoms with van der Waals surface area (Å²) in [7, 11) is 0. The number of aliphatic hydroxyl groups excluding tert-OH is 1. The quantitative estimate of drug-likeness (QED) is 0.754. The number of aryl methyl sites for hydroxylation is 1. The lowest BCUT2D eigenvalue weighted by atomic mass is 9.93. The molecule has 1 aromatic rings. The second-order valence-corrected chi connectivity index (χ2v) is 5.84. The van der Waals surface area contributed by atoms with Gasteiger partial charge in [0.25, 0.3) is 0 Å². The van der Waals surface area contributed by atoms with E-state index in [2.05, 4.69) is 31.2 Å². The third-order valence-corrected chi connectivity index (χ3v) is 4.44. The molecule has 6 nitrogen and oxygen atoms in total. The lowest BCUT2D eigenvalue weighted by Gasteiger charge is -2.29. The van der Waals surface area contributed by atoms with E-state index in [4.69, 9.17) is 15.6 Å². The Kier molecular flexibility index (Phi) is 5.56. The number of ether oxygens (including phenoxy) is 1. The van der Waals surface area contributed by atoms with Gasteiger partial charge in [0.05, 0.1) is 29.5 Å². The summed E-state index contributed by atoms with van der Waals surface area (Å²) in [6.07, 6.45) is 4.29. The Bertz CT molecular complexity index is 450. The van der Waals surface area contributed by atoms with Crippen LogP contribution in [0.5, 0.6) is 0 Å². The van der Waals surface area contributed by atoms with E-state index in [0.29, 0.717) is 12.6 Å². The van der Waals surface area contributed by atoms with Gasteiger partial charge in [-0.05, 0) is 48.5 Å². The number of nitrogen functional groups attached to an aromatic ring is 1. The van der Waals surface area contributed by atoms with Crippen LogP contribution < -0.4 is 11.1 Å². The number of anilines is 2. The van der Waals surface area contributed by atoms with Crippen LogP contribution in [0.3, 0.4) is 0 Å². The third-order valence-electron chi connectivity index (χ3n) is 3.49. The van der Waals surface area contributed by atoms with Crippen molar-refractivity contribution in [1.29, 1.82) is 0 Å². The summed E-state index contributed by atoms with van der Waals surface area (Å²) in [5.74, 6) is 1.04. The van der Waals surface area contributed by atoms with Crippen LogP contribution in [-0.4, -0.2) is 40.4 Å². The fraction of sp³-hybridized carbons (Fsp3) is 0.692. The van der Waals surface area contributed by atoms with Gasteiger partial charge in [-0.2, -0.15) is 4.98 Å². The zero-order chi connectivity index (χ0) is 14.5. The van der Waals surface area contributed by atoms with E-state index in [1.54, 1.807) is 0 Å². The standard InChI is InChI=1S/C13H21BrN4O2/c1-8-11(14)12(18-13(15)16-8)17-9-2-4-10(5-3-9)20-7-6-19/h9-10,19H,2-7H2,1H3,(H3,15,16,17,18)/t9-,10-. The minimum Gasteiger partial charge on any atom is -0.394 e. The molecule has 112 valence electrons. The monoisotopic (exact) mass is 344 g/mol. The van der Waals surface area contributed by atoms with Gasteiger partial charge in [-0.25, -0.2) is 4.98 Å². The summed E-state index contributed by atoms with van der Waals surface area (Å²) >= 11 is 3.49. The summed E-state index contributed by atoms with van der Waals surface area (Å²) in [4.78, 5) is 8.35. The summed E-state index contributed by atoms with van der Waals surface area (Å²) in [6.45, 7) is 2.41. The number of nitrogens with zero attached hydrogens (tertiary/aromatic N) is 2. The van der Waals surface area contributed by atoms with Crippen LogP contribution in [-0.2, 0) is 4.74 Å². The van der Waals surface area contributed by atoms with E-state index < -0.39 is 0 Å². The van der Waals surface area contributed by atoms with Crippen molar-refractivity contribution in [3.05, 3.63) is 10.2 Å². The fourth-order valence-corrected chi connectivity index (χ4v) is 2.75. The molecule has 0 unspecified atom stereocenters. The van der Waals surface area contributed by atoms with Crippen molar-refractivity contribution in [1.82, 2.24) is 9.97 Å². The Morgan fingerprint density at radius 1 is 1.35 bits per heavy atom. The first kappa shape index (κ1) is 15.5. The van der Waals surface area contributed by atoms with Crippen molar-refractivity contribution in [3.8, 4) is 0 Å². The van der Waals surface area contributed by atoms with Gasteiger partial charge >= 0.3 is 0 Å². The first-order valence-corrected chi connectivity index (χ1v) is 7.68. The van der Waals surface area contributed by atoms with Crippen molar-refractivity contribution in [2.75, 3.05) is 24.3 Å². The third kappa shape index (κ3) is 4.04. The van der Waals surface area contributed by atoms with Crippen molar-refractivity contribution in [3.63, 3.8) is 0 Å². The molecular formula is C13H21BrN4O2. The van der Waals surface area contributed by atoms with E-state index >= 15 is 0 Å². The van der Waals surface area contributed by atoms with Crippen LogP contribution in [0.2, 0.25) is 0 Å². The number of rotatable bonds is 5. The molecule has 0 amide bonds. The molecule has 2 rings (SSSR count). The maximum absolute atomic E-state index is 8.76. The predicted molar refractivity (Wildman–Crippen MR) is 81.6 cm³/mol. The molecule has 0 spiro atoms. The normalized spacial score (nSPS) is 22.8. The number of nitrogens with two attached hydrogens (primary N) is 1. The molecule has 1 fully saturated rings. The molecule has 7 heteroatoms. The lowest BCUT2D eigenvalue weighted by Crippen LogP contribution is -2.30. The molecule has 1 aliphatic rings. The zero-order valence-corrected chi connectivity index (χ0v) is 13.2. The highest BCUT2D eigenvalue weighted by atomic mass is 79.9. The van der Waals surface area contributed by atoms with Crippen molar-refractivity contribution in [2.45, 2.75) is 44.8 Å². The number of halogens is 1. The summed E-state index contributed by atoms with van der Waals surface area (Å²) in [6, 6.07) is 0.369. The number of aliphatic hydroxyl groups is 1. The Morgan fingerprint density at radius 2 is 2.05 bits per heavy atom. The highest BCUT2D eigenvalue weighted by molar-refractivity contribution is 9.10. The predicted octanol–water partition coefficient (Wildman–Crippen LogP) is 1.86. The van der Waals surface area contributed by atoms with Gasteiger partial charge in [0.15, 0.2) is 0 Å². The minimum absolute atomic E-state index is 0.0879. The molecule has 0 atom stereocenters. The van der Waals surface area contributed by atoms with E-state index in [1.165, 1.54) is 0 Å². The molecule has 0 radical (unpaired) electrons. The van der Waals surface area contributed by atoms with Gasteiger partial charge in [0.2, 0.25) is 5.95 Å². The molecule has 1 aliphatic carbocycles. The summed E-state index contributed by atoms with van der Waals surface area (Å²) < 4.78 is 6.43. The van der Waals surface area contributed by atoms with Crippen molar-refractivity contribution < 1.29 is 9.84 Å². The maximum atomic E-state index is 8.76. The summed E-state index contributed by atoms with van der Waals surface area (Å²) in [5.41, 5.74) is 6.52. The van der Waals surface area contributed by atoms with Gasteiger partial charge in [-0.1, -0.05) is 0 Å². The van der Waals surface area contributed by atoms with Crippen LogP contribution in [0.25, 0.3) is 0 Å².